The fourth-order valence-electron chi connectivity index (χ4n) is 4.09. The number of aromatic nitrogens is 3. The molecule has 0 bridgehead atoms. The number of pyridine rings is 1. The van der Waals surface area contributed by atoms with Crippen LogP contribution in [0.1, 0.15) is 12.8 Å². The number of para-hydroxylation sites is 1. The second-order valence-electron chi connectivity index (χ2n) is 7.64. The van der Waals surface area contributed by atoms with Gasteiger partial charge in [-0.15, -0.1) is 0 Å². The Bertz CT molecular complexity index is 1110. The summed E-state index contributed by atoms with van der Waals surface area (Å²) in [4.78, 5) is 6.78. The summed E-state index contributed by atoms with van der Waals surface area (Å²) < 4.78 is 8.06. The Morgan fingerprint density at radius 2 is 1.79 bits per heavy atom. The first-order valence-corrected chi connectivity index (χ1v) is 10.1. The minimum atomic E-state index is 0.542. The molecule has 1 fully saturated rings. The summed E-state index contributed by atoms with van der Waals surface area (Å²) >= 11 is 0. The molecule has 0 radical (unpaired) electrons. The molecule has 2 aromatic carbocycles. The molecule has 5 rings (SSSR count). The average Bonchev–Trinajstić information content (AvgIpc) is 3.34. The van der Waals surface area contributed by atoms with Crippen molar-refractivity contribution in [2.45, 2.75) is 25.4 Å². The van der Waals surface area contributed by atoms with E-state index in [-0.39, 0.29) is 0 Å². The lowest BCUT2D eigenvalue weighted by atomic mass is 10.1. The molecule has 0 N–H and O–H groups in total. The Morgan fingerprint density at radius 3 is 2.55 bits per heavy atom. The molecular weight excluding hydrogens is 359 g/mol. The van der Waals surface area contributed by atoms with Gasteiger partial charge in [0.2, 0.25) is 0 Å². The summed E-state index contributed by atoms with van der Waals surface area (Å²) in [6.07, 6.45) is 6.25. The van der Waals surface area contributed by atoms with E-state index in [1.165, 1.54) is 19.4 Å². The Labute approximate surface area is 171 Å². The van der Waals surface area contributed by atoms with Gasteiger partial charge in [-0.25, -0.2) is 0 Å². The van der Waals surface area contributed by atoms with E-state index in [0.29, 0.717) is 6.04 Å². The number of hydrogen-bond acceptors (Lipinski definition) is 4. The second kappa shape index (κ2) is 7.72. The Balaban J connectivity index is 1.45. The average molecular weight is 382 g/mol. The van der Waals surface area contributed by atoms with Crippen molar-refractivity contribution in [3.8, 4) is 22.8 Å². The van der Waals surface area contributed by atoms with Crippen LogP contribution in [-0.4, -0.2) is 40.1 Å². The predicted octanol–water partition coefficient (Wildman–Crippen LogP) is 3.90. The molecule has 0 amide bonds. The van der Waals surface area contributed by atoms with Gasteiger partial charge in [0.05, 0.1) is 12.1 Å². The van der Waals surface area contributed by atoms with E-state index in [1.54, 1.807) is 0 Å². The predicted molar refractivity (Wildman–Crippen MR) is 118 cm³/mol. The Hall–Kier alpha value is -3.12. The molecule has 0 unspecified atom stereocenters. The maximum Gasteiger partial charge on any atom is 0.185 e. The SMILES string of the molecule is BN1CCC[C@@H]1Cn1nc(-c2ccc(Oc3ccccc3)cc2)c2cnccc21. The number of benzene rings is 2. The van der Waals surface area contributed by atoms with E-state index in [4.69, 9.17) is 9.84 Å². The van der Waals surface area contributed by atoms with Gasteiger partial charge in [-0.2, -0.15) is 5.10 Å². The molecule has 1 saturated heterocycles. The fraction of sp³-hybridized carbons (Fsp3) is 0.217. The zero-order valence-electron chi connectivity index (χ0n) is 16.5. The quantitative estimate of drug-likeness (QED) is 0.491. The molecule has 1 aliphatic rings. The van der Waals surface area contributed by atoms with Crippen LogP contribution in [0.15, 0.2) is 73.1 Å². The Kier molecular flexibility index (Phi) is 4.78. The van der Waals surface area contributed by atoms with Crippen LogP contribution in [0.2, 0.25) is 0 Å². The lowest BCUT2D eigenvalue weighted by Gasteiger charge is -2.20. The molecule has 0 aliphatic carbocycles. The zero-order valence-corrected chi connectivity index (χ0v) is 16.5. The minimum Gasteiger partial charge on any atom is -0.457 e. The van der Waals surface area contributed by atoms with Crippen molar-refractivity contribution in [3.05, 3.63) is 73.1 Å². The highest BCUT2D eigenvalue weighted by Crippen LogP contribution is 2.30. The van der Waals surface area contributed by atoms with Gasteiger partial charge in [0.25, 0.3) is 0 Å². The maximum atomic E-state index is 5.92. The Morgan fingerprint density at radius 1 is 1.00 bits per heavy atom. The van der Waals surface area contributed by atoms with Gasteiger partial charge in [0.1, 0.15) is 17.2 Å². The first kappa shape index (κ1) is 17.9. The van der Waals surface area contributed by atoms with Crippen LogP contribution >= 0.6 is 0 Å². The van der Waals surface area contributed by atoms with Gasteiger partial charge >= 0.3 is 0 Å². The highest BCUT2D eigenvalue weighted by atomic mass is 16.5. The van der Waals surface area contributed by atoms with E-state index >= 15 is 0 Å². The first-order valence-electron chi connectivity index (χ1n) is 10.1. The van der Waals surface area contributed by atoms with Crippen molar-refractivity contribution >= 4 is 18.9 Å². The number of ether oxygens (including phenoxy) is 1. The first-order chi connectivity index (χ1) is 14.3. The summed E-state index contributed by atoms with van der Waals surface area (Å²) in [5.74, 6) is 1.65. The molecule has 6 heteroatoms. The molecule has 0 spiro atoms. The molecule has 0 saturated carbocycles. The van der Waals surface area contributed by atoms with Crippen molar-refractivity contribution in [2.75, 3.05) is 6.54 Å². The van der Waals surface area contributed by atoms with Gasteiger partial charge in [0.15, 0.2) is 7.98 Å². The summed E-state index contributed by atoms with van der Waals surface area (Å²) in [7, 11) is 2.21. The second-order valence-corrected chi connectivity index (χ2v) is 7.64. The monoisotopic (exact) mass is 382 g/mol. The largest absolute Gasteiger partial charge is 0.457 e. The smallest absolute Gasteiger partial charge is 0.185 e. The third-order valence-electron chi connectivity index (χ3n) is 5.71. The van der Waals surface area contributed by atoms with Crippen molar-refractivity contribution in [3.63, 3.8) is 0 Å². The van der Waals surface area contributed by atoms with E-state index in [1.807, 2.05) is 54.9 Å². The summed E-state index contributed by atoms with van der Waals surface area (Å²) in [6, 6.07) is 20.6. The molecular formula is C23H23BN4O. The molecule has 29 heavy (non-hydrogen) atoms. The van der Waals surface area contributed by atoms with Gasteiger partial charge in [0, 0.05) is 29.4 Å². The van der Waals surface area contributed by atoms with Crippen molar-refractivity contribution in [1.82, 2.24) is 19.6 Å². The third-order valence-corrected chi connectivity index (χ3v) is 5.71. The van der Waals surface area contributed by atoms with Gasteiger partial charge < -0.3 is 9.55 Å². The summed E-state index contributed by atoms with van der Waals surface area (Å²) in [5.41, 5.74) is 3.18. The number of nitrogens with zero attached hydrogens (tertiary/aromatic N) is 4. The molecule has 4 aromatic rings. The van der Waals surface area contributed by atoms with Crippen LogP contribution in [0.25, 0.3) is 22.2 Å². The van der Waals surface area contributed by atoms with Gasteiger partial charge in [-0.05, 0) is 61.9 Å². The standard InChI is InChI=1S/C23H23BN4O/c24-27-14-4-5-18(27)16-28-22-12-13-25-15-21(22)23(26-28)17-8-10-20(11-9-17)29-19-6-2-1-3-7-19/h1-3,6-13,15,18H,4-5,14,16,24H2/t18-/m1/s1. The van der Waals surface area contributed by atoms with E-state index < -0.39 is 0 Å². The van der Waals surface area contributed by atoms with Crippen LogP contribution in [0.5, 0.6) is 11.5 Å². The molecule has 144 valence electrons. The maximum absolute atomic E-state index is 5.92. The third kappa shape index (κ3) is 3.63. The molecule has 2 aromatic heterocycles. The highest BCUT2D eigenvalue weighted by molar-refractivity contribution is 6.04. The van der Waals surface area contributed by atoms with Gasteiger partial charge in [-0.1, -0.05) is 18.2 Å². The summed E-state index contributed by atoms with van der Waals surface area (Å²) in [5, 5.41) is 6.07. The van der Waals surface area contributed by atoms with Crippen LogP contribution in [0.4, 0.5) is 0 Å². The molecule has 1 aliphatic heterocycles. The van der Waals surface area contributed by atoms with Crippen LogP contribution < -0.4 is 4.74 Å². The molecule has 3 heterocycles. The van der Waals surface area contributed by atoms with Crippen molar-refractivity contribution in [2.24, 2.45) is 0 Å². The minimum absolute atomic E-state index is 0.542. The number of fused-ring (bicyclic) bond motifs is 1. The van der Waals surface area contributed by atoms with E-state index in [9.17, 15) is 0 Å². The number of rotatable bonds is 5. The molecule has 1 atom stereocenters. The van der Waals surface area contributed by atoms with Crippen LogP contribution in [0.3, 0.4) is 0 Å². The van der Waals surface area contributed by atoms with Gasteiger partial charge in [-0.3, -0.25) is 9.67 Å². The lowest BCUT2D eigenvalue weighted by molar-refractivity contribution is 0.364. The topological polar surface area (TPSA) is 43.2 Å². The normalized spacial score (nSPS) is 17.0. The van der Waals surface area contributed by atoms with E-state index in [0.717, 1.165) is 40.2 Å². The highest BCUT2D eigenvalue weighted by Gasteiger charge is 2.23. The zero-order chi connectivity index (χ0) is 19.6. The fourth-order valence-corrected chi connectivity index (χ4v) is 4.09. The van der Waals surface area contributed by atoms with E-state index in [2.05, 4.69) is 40.7 Å². The summed E-state index contributed by atoms with van der Waals surface area (Å²) in [6.45, 7) is 2.08. The van der Waals surface area contributed by atoms with Crippen LogP contribution in [0, 0.1) is 0 Å². The lowest BCUT2D eigenvalue weighted by Crippen LogP contribution is -2.30. The number of hydrogen-bond donors (Lipinski definition) is 0. The molecule has 5 nitrogen and oxygen atoms in total. The van der Waals surface area contributed by atoms with Crippen LogP contribution in [-0.2, 0) is 6.54 Å². The van der Waals surface area contributed by atoms with Crippen molar-refractivity contribution in [1.29, 1.82) is 0 Å². The van der Waals surface area contributed by atoms with Crippen molar-refractivity contribution < 1.29 is 4.74 Å².